The van der Waals surface area contributed by atoms with Gasteiger partial charge in [0.15, 0.2) is 4.80 Å². The molecule has 4 rings (SSSR count). The molecule has 1 saturated heterocycles. The van der Waals surface area contributed by atoms with Gasteiger partial charge in [-0.25, -0.2) is 8.42 Å². The zero-order valence-corrected chi connectivity index (χ0v) is 20.2. The molecule has 3 aromatic rings. The van der Waals surface area contributed by atoms with Crippen LogP contribution in [0.3, 0.4) is 0 Å². The number of non-ortho nitro benzene ring substituents is 1. The molecule has 33 heavy (non-hydrogen) atoms. The van der Waals surface area contributed by atoms with Crippen LogP contribution in [0.1, 0.15) is 12.8 Å². The molecule has 0 aliphatic carbocycles. The minimum atomic E-state index is -3.64. The molecule has 1 unspecified atom stereocenters. The second-order valence-corrected chi connectivity index (χ2v) is 11.6. The molecule has 10 nitrogen and oxygen atoms in total. The van der Waals surface area contributed by atoms with Gasteiger partial charge in [-0.2, -0.15) is 9.30 Å². The van der Waals surface area contributed by atoms with Gasteiger partial charge in [-0.3, -0.25) is 14.9 Å². The van der Waals surface area contributed by atoms with E-state index in [1.54, 1.807) is 35.3 Å². The zero-order valence-electron chi connectivity index (χ0n) is 17.7. The topological polar surface area (TPSA) is 124 Å². The number of aromatic nitrogens is 1. The third-order valence-corrected chi connectivity index (χ3v) is 9.72. The molecule has 13 heteroatoms. The predicted octanol–water partition coefficient (Wildman–Crippen LogP) is 2.85. The van der Waals surface area contributed by atoms with E-state index < -0.39 is 26.8 Å². The summed E-state index contributed by atoms with van der Waals surface area (Å²) in [5.41, 5.74) is 0.550. The summed E-state index contributed by atoms with van der Waals surface area (Å²) in [5.74, 6) is -0.947. The van der Waals surface area contributed by atoms with E-state index in [-0.39, 0.29) is 16.4 Å². The van der Waals surface area contributed by atoms with Crippen molar-refractivity contribution in [2.75, 3.05) is 26.8 Å². The number of thiazole rings is 1. The maximum absolute atomic E-state index is 13.1. The molecule has 1 aromatic carbocycles. The number of piperidine rings is 1. The Balaban J connectivity index is 1.65. The molecule has 176 valence electrons. The van der Waals surface area contributed by atoms with E-state index in [4.69, 9.17) is 4.74 Å². The van der Waals surface area contributed by atoms with E-state index in [1.807, 2.05) is 0 Å². The number of hydrogen-bond acceptors (Lipinski definition) is 8. The number of rotatable bonds is 7. The molecule has 1 aliphatic rings. The Labute approximate surface area is 198 Å². The fourth-order valence-electron chi connectivity index (χ4n) is 3.74. The lowest BCUT2D eigenvalue weighted by Crippen LogP contribution is -2.42. The molecule has 0 bridgehead atoms. The second kappa shape index (κ2) is 9.81. The highest BCUT2D eigenvalue weighted by Crippen LogP contribution is 2.27. The van der Waals surface area contributed by atoms with E-state index in [0.717, 1.165) is 16.0 Å². The van der Waals surface area contributed by atoms with Crippen molar-refractivity contribution in [3.63, 3.8) is 0 Å². The SMILES string of the molecule is COCCn1c(=NC(=O)C2CCCN(S(=O)(=O)c3cccs3)C2)sc2ccc([N+](=O)[O-])cc21. The maximum Gasteiger partial charge on any atom is 0.271 e. The van der Waals surface area contributed by atoms with Crippen molar-refractivity contribution in [1.82, 2.24) is 8.87 Å². The van der Waals surface area contributed by atoms with Crippen molar-refractivity contribution >= 4 is 54.5 Å². The average molecular weight is 511 g/mol. The van der Waals surface area contributed by atoms with Crippen molar-refractivity contribution in [1.29, 1.82) is 0 Å². The summed E-state index contributed by atoms with van der Waals surface area (Å²) in [7, 11) is -2.09. The summed E-state index contributed by atoms with van der Waals surface area (Å²) in [6.45, 7) is 1.15. The van der Waals surface area contributed by atoms with Gasteiger partial charge in [0.25, 0.3) is 21.6 Å². The van der Waals surface area contributed by atoms with Crippen LogP contribution in [0.5, 0.6) is 0 Å². The lowest BCUT2D eigenvalue weighted by molar-refractivity contribution is -0.384. The number of amides is 1. The lowest BCUT2D eigenvalue weighted by Gasteiger charge is -2.29. The molecule has 0 spiro atoms. The number of carbonyl (C=O) groups is 1. The number of nitrogens with zero attached hydrogens (tertiary/aromatic N) is 4. The number of benzene rings is 1. The quantitative estimate of drug-likeness (QED) is 0.356. The van der Waals surface area contributed by atoms with Crippen LogP contribution in [0.25, 0.3) is 10.2 Å². The summed E-state index contributed by atoms with van der Waals surface area (Å²) in [6.07, 6.45) is 1.12. The molecule has 2 aromatic heterocycles. The standard InChI is InChI=1S/C20H22N4O6S3/c1-30-10-9-23-16-12-15(24(26)27)6-7-17(16)32-20(23)21-19(25)14-4-2-8-22(13-14)33(28,29)18-5-3-11-31-18/h3,5-7,11-12,14H,2,4,8-10,13H2,1H3. The predicted molar refractivity (Wildman–Crippen MR) is 125 cm³/mol. The van der Waals surface area contributed by atoms with E-state index in [1.165, 1.54) is 27.8 Å². The Morgan fingerprint density at radius 3 is 2.88 bits per heavy atom. The highest BCUT2D eigenvalue weighted by molar-refractivity contribution is 7.91. The monoisotopic (exact) mass is 510 g/mol. The summed E-state index contributed by atoms with van der Waals surface area (Å²) >= 11 is 2.41. The molecule has 0 radical (unpaired) electrons. The third kappa shape index (κ3) is 4.92. The van der Waals surface area contributed by atoms with Gasteiger partial charge in [0, 0.05) is 38.9 Å². The second-order valence-electron chi connectivity index (χ2n) is 7.52. The first-order valence-electron chi connectivity index (χ1n) is 10.2. The molecular formula is C20H22N4O6S3. The molecule has 1 fully saturated rings. The Hall–Kier alpha value is -2.45. The van der Waals surface area contributed by atoms with Gasteiger partial charge in [-0.15, -0.1) is 11.3 Å². The van der Waals surface area contributed by atoms with Gasteiger partial charge < -0.3 is 9.30 Å². The fourth-order valence-corrected chi connectivity index (χ4v) is 7.45. The van der Waals surface area contributed by atoms with Crippen LogP contribution in [0.2, 0.25) is 0 Å². The molecule has 1 amide bonds. The van der Waals surface area contributed by atoms with Crippen molar-refractivity contribution in [2.24, 2.45) is 10.9 Å². The maximum atomic E-state index is 13.1. The Morgan fingerprint density at radius 1 is 1.36 bits per heavy atom. The minimum absolute atomic E-state index is 0.0500. The smallest absolute Gasteiger partial charge is 0.271 e. The molecule has 0 N–H and O–H groups in total. The van der Waals surface area contributed by atoms with Crippen LogP contribution in [0.4, 0.5) is 5.69 Å². The van der Waals surface area contributed by atoms with Gasteiger partial charge in [-0.1, -0.05) is 17.4 Å². The number of sulfonamides is 1. The van der Waals surface area contributed by atoms with E-state index in [2.05, 4.69) is 4.99 Å². The van der Waals surface area contributed by atoms with Crippen LogP contribution in [-0.4, -0.2) is 54.9 Å². The Bertz CT molecular complexity index is 1340. The largest absolute Gasteiger partial charge is 0.383 e. The first-order valence-corrected chi connectivity index (χ1v) is 13.3. The van der Waals surface area contributed by atoms with Crippen LogP contribution in [-0.2, 0) is 26.1 Å². The number of nitro benzene ring substituents is 1. The molecule has 1 aliphatic heterocycles. The highest BCUT2D eigenvalue weighted by atomic mass is 32.2. The number of methoxy groups -OCH3 is 1. The third-order valence-electron chi connectivity index (χ3n) is 5.42. The van der Waals surface area contributed by atoms with Crippen LogP contribution < -0.4 is 4.80 Å². The van der Waals surface area contributed by atoms with Crippen molar-refractivity contribution in [3.8, 4) is 0 Å². The molecule has 3 heterocycles. The highest BCUT2D eigenvalue weighted by Gasteiger charge is 2.33. The number of hydrogen-bond donors (Lipinski definition) is 0. The van der Waals surface area contributed by atoms with Crippen LogP contribution >= 0.6 is 22.7 Å². The molecule has 1 atom stereocenters. The zero-order chi connectivity index (χ0) is 23.6. The Kier molecular flexibility index (Phi) is 7.05. The van der Waals surface area contributed by atoms with Gasteiger partial charge in [0.1, 0.15) is 4.21 Å². The lowest BCUT2D eigenvalue weighted by atomic mass is 9.99. The van der Waals surface area contributed by atoms with Gasteiger partial charge in [0.2, 0.25) is 0 Å². The minimum Gasteiger partial charge on any atom is -0.383 e. The van der Waals surface area contributed by atoms with Gasteiger partial charge >= 0.3 is 0 Å². The van der Waals surface area contributed by atoms with Crippen molar-refractivity contribution in [2.45, 2.75) is 23.6 Å². The molecule has 0 saturated carbocycles. The number of fused-ring (bicyclic) bond motifs is 1. The normalized spacial score (nSPS) is 18.1. The Morgan fingerprint density at radius 2 is 2.18 bits per heavy atom. The van der Waals surface area contributed by atoms with Crippen LogP contribution in [0.15, 0.2) is 44.9 Å². The average Bonchev–Trinajstić information content (AvgIpc) is 3.46. The fraction of sp³-hybridized carbons (Fsp3) is 0.400. The first kappa shape index (κ1) is 23.7. The van der Waals surface area contributed by atoms with Crippen LogP contribution in [0, 0.1) is 16.0 Å². The summed E-state index contributed by atoms with van der Waals surface area (Å²) in [5, 5.41) is 12.9. The number of carbonyl (C=O) groups excluding carboxylic acids is 1. The summed E-state index contributed by atoms with van der Waals surface area (Å²) in [6, 6.07) is 7.76. The van der Waals surface area contributed by atoms with Crippen molar-refractivity contribution < 1.29 is 22.9 Å². The van der Waals surface area contributed by atoms with Gasteiger partial charge in [0.05, 0.1) is 27.7 Å². The van der Waals surface area contributed by atoms with E-state index >= 15 is 0 Å². The summed E-state index contributed by atoms with van der Waals surface area (Å²) in [4.78, 5) is 28.5. The molecular weight excluding hydrogens is 488 g/mol. The van der Waals surface area contributed by atoms with E-state index in [9.17, 15) is 23.3 Å². The van der Waals surface area contributed by atoms with Gasteiger partial charge in [-0.05, 0) is 30.4 Å². The number of thiophene rings is 1. The summed E-state index contributed by atoms with van der Waals surface area (Å²) < 4.78 is 35.0. The number of nitro groups is 1. The van der Waals surface area contributed by atoms with Crippen molar-refractivity contribution in [3.05, 3.63) is 50.6 Å². The number of ether oxygens (including phenoxy) is 1. The first-order chi connectivity index (χ1) is 15.8. The van der Waals surface area contributed by atoms with E-state index in [0.29, 0.717) is 42.9 Å².